The van der Waals surface area contributed by atoms with Crippen molar-refractivity contribution in [2.24, 2.45) is 0 Å². The van der Waals surface area contributed by atoms with Crippen LogP contribution < -0.4 is 4.74 Å². The van der Waals surface area contributed by atoms with E-state index < -0.39 is 0 Å². The number of halogens is 3. The molecule has 0 fully saturated rings. The van der Waals surface area contributed by atoms with Gasteiger partial charge in [0.2, 0.25) is 5.88 Å². The van der Waals surface area contributed by atoms with E-state index in [4.69, 9.17) is 16.3 Å². The molecule has 0 unspecified atom stereocenters. The summed E-state index contributed by atoms with van der Waals surface area (Å²) in [5.74, 6) is 0.698. The van der Waals surface area contributed by atoms with Crippen LogP contribution in [0.15, 0.2) is 118 Å². The normalized spacial score (nSPS) is 10.8. The summed E-state index contributed by atoms with van der Waals surface area (Å²) in [7, 11) is 1.67. The first-order valence-corrected chi connectivity index (χ1v) is 14.4. The first kappa shape index (κ1) is 27.3. The molecule has 39 heavy (non-hydrogen) atoms. The Labute approximate surface area is 250 Å². The molecule has 6 heteroatoms. The van der Waals surface area contributed by atoms with Crippen LogP contribution >= 0.6 is 43.5 Å². The minimum Gasteiger partial charge on any atom is -0.481 e. The maximum Gasteiger partial charge on any atom is 0.217 e. The van der Waals surface area contributed by atoms with E-state index in [1.807, 2.05) is 60.7 Å². The summed E-state index contributed by atoms with van der Waals surface area (Å²) < 4.78 is 7.54. The monoisotopic (exact) mass is 658 g/mol. The van der Waals surface area contributed by atoms with Gasteiger partial charge in [-0.1, -0.05) is 104 Å². The third-order valence-electron chi connectivity index (χ3n) is 6.29. The van der Waals surface area contributed by atoms with Gasteiger partial charge in [0.1, 0.15) is 5.15 Å². The van der Waals surface area contributed by atoms with Gasteiger partial charge in [0.05, 0.1) is 18.1 Å². The van der Waals surface area contributed by atoms with E-state index in [-0.39, 0.29) is 0 Å². The molecule has 0 bridgehead atoms. The van der Waals surface area contributed by atoms with Gasteiger partial charge in [0, 0.05) is 38.1 Å². The molecule has 0 spiro atoms. The SMILES string of the molecule is COc1nc2ccc(Br)cc2cc1Cc1ccccc1.Clc1nc2ccc(Br)cc2cc1Cc1ccccc1. The number of hydrogen-bond donors (Lipinski definition) is 0. The standard InChI is InChI=1S/C17H14BrNO.C16H11BrClN/c1-20-17-14(9-12-5-3-2-4-6-12)10-13-11-15(18)7-8-16(13)19-17;17-14-6-7-15-12(10-14)9-13(16(18)19-15)8-11-4-2-1-3-5-11/h2-8,10-11H,9H2,1H3;1-7,9-10H,8H2. The number of fused-ring (bicyclic) bond motifs is 2. The Morgan fingerprint density at radius 3 is 1.64 bits per heavy atom. The average Bonchev–Trinajstić information content (AvgIpc) is 2.95. The maximum absolute atomic E-state index is 6.27. The van der Waals surface area contributed by atoms with Crippen LogP contribution in [0.25, 0.3) is 21.8 Å². The Kier molecular flexibility index (Phi) is 8.92. The zero-order valence-corrected chi connectivity index (χ0v) is 25.2. The number of rotatable bonds is 5. The molecule has 4 aromatic carbocycles. The minimum atomic E-state index is 0.582. The number of aromatic nitrogens is 2. The Bertz CT molecular complexity index is 1730. The molecule has 0 N–H and O–H groups in total. The number of hydrogen-bond acceptors (Lipinski definition) is 3. The second-order valence-corrected chi connectivity index (χ2v) is 11.3. The first-order valence-electron chi connectivity index (χ1n) is 12.4. The molecular formula is C33H25Br2ClN2O. The fraction of sp³-hybridized carbons (Fsp3) is 0.0909. The minimum absolute atomic E-state index is 0.582. The number of ether oxygens (including phenoxy) is 1. The van der Waals surface area contributed by atoms with Gasteiger partial charge in [-0.05, 0) is 65.2 Å². The molecule has 0 amide bonds. The highest BCUT2D eigenvalue weighted by Crippen LogP contribution is 2.27. The lowest BCUT2D eigenvalue weighted by atomic mass is 10.0. The van der Waals surface area contributed by atoms with Crippen LogP contribution in [0.1, 0.15) is 22.3 Å². The predicted molar refractivity (Wildman–Crippen MR) is 169 cm³/mol. The van der Waals surface area contributed by atoms with Gasteiger partial charge in [-0.2, -0.15) is 0 Å². The van der Waals surface area contributed by atoms with Gasteiger partial charge in [0.15, 0.2) is 0 Å². The van der Waals surface area contributed by atoms with Gasteiger partial charge in [0.25, 0.3) is 0 Å². The Morgan fingerprint density at radius 2 is 1.10 bits per heavy atom. The van der Waals surface area contributed by atoms with Crippen LogP contribution in [0.3, 0.4) is 0 Å². The molecule has 0 aliphatic rings. The Morgan fingerprint density at radius 1 is 0.615 bits per heavy atom. The summed E-state index contributed by atoms with van der Waals surface area (Å²) in [4.78, 5) is 9.05. The van der Waals surface area contributed by atoms with E-state index in [0.717, 1.165) is 54.7 Å². The van der Waals surface area contributed by atoms with Crippen molar-refractivity contribution in [2.75, 3.05) is 7.11 Å². The molecule has 0 atom stereocenters. The third kappa shape index (κ3) is 7.04. The summed E-state index contributed by atoms with van der Waals surface area (Å²) in [6.07, 6.45) is 1.62. The summed E-state index contributed by atoms with van der Waals surface area (Å²) in [5, 5.41) is 2.80. The van der Waals surface area contributed by atoms with Gasteiger partial charge < -0.3 is 4.74 Å². The van der Waals surface area contributed by atoms with E-state index in [0.29, 0.717) is 11.0 Å². The van der Waals surface area contributed by atoms with Crippen molar-refractivity contribution in [1.82, 2.24) is 9.97 Å². The molecule has 3 nitrogen and oxygen atoms in total. The van der Waals surface area contributed by atoms with Crippen molar-refractivity contribution in [3.05, 3.63) is 146 Å². The smallest absolute Gasteiger partial charge is 0.217 e. The molecule has 2 heterocycles. The lowest BCUT2D eigenvalue weighted by Crippen LogP contribution is -1.97. The molecule has 6 aromatic rings. The highest BCUT2D eigenvalue weighted by atomic mass is 79.9. The van der Waals surface area contributed by atoms with Crippen molar-refractivity contribution in [3.63, 3.8) is 0 Å². The fourth-order valence-electron chi connectivity index (χ4n) is 4.40. The molecule has 0 aliphatic carbocycles. The van der Waals surface area contributed by atoms with Crippen LogP contribution in [-0.4, -0.2) is 17.1 Å². The first-order chi connectivity index (χ1) is 19.0. The second kappa shape index (κ2) is 12.7. The topological polar surface area (TPSA) is 35.0 Å². The zero-order chi connectivity index (χ0) is 27.2. The molecule has 2 aromatic heterocycles. The third-order valence-corrected chi connectivity index (χ3v) is 7.60. The number of pyridine rings is 2. The van der Waals surface area contributed by atoms with Crippen molar-refractivity contribution in [1.29, 1.82) is 0 Å². The van der Waals surface area contributed by atoms with Crippen LogP contribution in [0, 0.1) is 0 Å². The average molecular weight is 661 g/mol. The van der Waals surface area contributed by atoms with E-state index in [2.05, 4.69) is 90.4 Å². The zero-order valence-electron chi connectivity index (χ0n) is 21.2. The highest BCUT2D eigenvalue weighted by Gasteiger charge is 2.09. The molecule has 0 saturated carbocycles. The number of benzene rings is 4. The number of nitrogens with zero attached hydrogens (tertiary/aromatic N) is 2. The van der Waals surface area contributed by atoms with Crippen LogP contribution in [0.4, 0.5) is 0 Å². The molecule has 6 rings (SSSR count). The summed E-state index contributed by atoms with van der Waals surface area (Å²) in [5.41, 5.74) is 6.51. The lowest BCUT2D eigenvalue weighted by molar-refractivity contribution is 0.395. The molecular weight excluding hydrogens is 636 g/mol. The van der Waals surface area contributed by atoms with Crippen LogP contribution in [0.2, 0.25) is 5.15 Å². The summed E-state index contributed by atoms with van der Waals surface area (Å²) in [6, 6.07) is 37.0. The van der Waals surface area contributed by atoms with Crippen LogP contribution in [-0.2, 0) is 12.8 Å². The van der Waals surface area contributed by atoms with Crippen molar-refractivity contribution in [2.45, 2.75) is 12.8 Å². The van der Waals surface area contributed by atoms with Gasteiger partial charge in [-0.15, -0.1) is 0 Å². The summed E-state index contributed by atoms with van der Waals surface area (Å²) in [6.45, 7) is 0. The van der Waals surface area contributed by atoms with Crippen molar-refractivity contribution >= 4 is 65.3 Å². The molecule has 0 aliphatic heterocycles. The Hall–Kier alpha value is -3.25. The summed E-state index contributed by atoms with van der Waals surface area (Å²) >= 11 is 13.3. The largest absolute Gasteiger partial charge is 0.481 e. The van der Waals surface area contributed by atoms with Crippen LogP contribution in [0.5, 0.6) is 5.88 Å². The Balaban J connectivity index is 0.000000158. The molecule has 194 valence electrons. The highest BCUT2D eigenvalue weighted by molar-refractivity contribution is 9.10. The predicted octanol–water partition coefficient (Wildman–Crippen LogP) is 9.84. The van der Waals surface area contributed by atoms with E-state index in [1.54, 1.807) is 7.11 Å². The molecule has 0 saturated heterocycles. The van der Waals surface area contributed by atoms with Gasteiger partial charge in [-0.3, -0.25) is 0 Å². The van der Waals surface area contributed by atoms with Crippen molar-refractivity contribution < 1.29 is 4.74 Å². The van der Waals surface area contributed by atoms with Crippen molar-refractivity contribution in [3.8, 4) is 5.88 Å². The van der Waals surface area contributed by atoms with E-state index in [1.165, 1.54) is 11.1 Å². The maximum atomic E-state index is 6.27. The number of methoxy groups -OCH3 is 1. The fourth-order valence-corrected chi connectivity index (χ4v) is 5.37. The lowest BCUT2D eigenvalue weighted by Gasteiger charge is -2.10. The van der Waals surface area contributed by atoms with E-state index in [9.17, 15) is 0 Å². The quantitative estimate of drug-likeness (QED) is 0.173. The van der Waals surface area contributed by atoms with Gasteiger partial charge in [-0.25, -0.2) is 9.97 Å². The molecule has 0 radical (unpaired) electrons. The second-order valence-electron chi connectivity index (χ2n) is 9.09. The van der Waals surface area contributed by atoms with Gasteiger partial charge >= 0.3 is 0 Å². The van der Waals surface area contributed by atoms with E-state index >= 15 is 0 Å².